The minimum Gasteiger partial charge on any atom is -0.370 e. The summed E-state index contributed by atoms with van der Waals surface area (Å²) in [5.74, 6) is -0.260. The highest BCUT2D eigenvalue weighted by Gasteiger charge is 2.27. The van der Waals surface area contributed by atoms with Crippen molar-refractivity contribution in [1.29, 1.82) is 0 Å². The van der Waals surface area contributed by atoms with Crippen molar-refractivity contribution in [3.05, 3.63) is 59.2 Å². The molecule has 1 aliphatic heterocycles. The highest BCUT2D eigenvalue weighted by Crippen LogP contribution is 2.32. The molecule has 0 saturated carbocycles. The summed E-state index contributed by atoms with van der Waals surface area (Å²) in [5.41, 5.74) is 9.60. The molecule has 3 heterocycles. The van der Waals surface area contributed by atoms with Gasteiger partial charge in [-0.05, 0) is 62.6 Å². The van der Waals surface area contributed by atoms with Crippen LogP contribution in [0.4, 0.5) is 0 Å². The van der Waals surface area contributed by atoms with Crippen molar-refractivity contribution in [2.24, 2.45) is 5.73 Å². The van der Waals surface area contributed by atoms with E-state index in [1.54, 1.807) is 0 Å². The summed E-state index contributed by atoms with van der Waals surface area (Å²) in [7, 11) is 0. The predicted molar refractivity (Wildman–Crippen MR) is 93.1 cm³/mol. The molecule has 2 aromatic heterocycles. The normalized spacial score (nSPS) is 18.0. The molecule has 1 amide bonds. The third-order valence-electron chi connectivity index (χ3n) is 4.49. The number of rotatable bonds is 6. The second-order valence-corrected chi connectivity index (χ2v) is 6.46. The van der Waals surface area contributed by atoms with E-state index in [9.17, 15) is 4.79 Å². The van der Waals surface area contributed by atoms with Gasteiger partial charge in [0.1, 0.15) is 0 Å². The molecule has 1 aliphatic rings. The van der Waals surface area contributed by atoms with E-state index in [2.05, 4.69) is 22.0 Å². The first kappa shape index (κ1) is 16.6. The highest BCUT2D eigenvalue weighted by molar-refractivity contribution is 5.74. The van der Waals surface area contributed by atoms with Gasteiger partial charge in [0, 0.05) is 24.9 Å². The fourth-order valence-electron chi connectivity index (χ4n) is 3.40. The monoisotopic (exact) mass is 324 g/mol. The fraction of sp³-hybridized carbons (Fsp3) is 0.421. The number of primary amides is 1. The van der Waals surface area contributed by atoms with E-state index >= 15 is 0 Å². The number of hydrogen-bond acceptors (Lipinski definition) is 4. The molecule has 24 heavy (non-hydrogen) atoms. The highest BCUT2D eigenvalue weighted by atomic mass is 16.1. The molecule has 126 valence electrons. The number of aromatic nitrogens is 2. The van der Waals surface area contributed by atoms with Gasteiger partial charge in [-0.3, -0.25) is 19.7 Å². The molecule has 0 bridgehead atoms. The van der Waals surface area contributed by atoms with Crippen LogP contribution in [0.2, 0.25) is 0 Å². The fourth-order valence-corrected chi connectivity index (χ4v) is 3.40. The van der Waals surface area contributed by atoms with Gasteiger partial charge >= 0.3 is 0 Å². The average molecular weight is 324 g/mol. The Morgan fingerprint density at radius 2 is 2.25 bits per heavy atom. The van der Waals surface area contributed by atoms with Crippen LogP contribution < -0.4 is 5.73 Å². The van der Waals surface area contributed by atoms with Crippen LogP contribution in [-0.4, -0.2) is 27.3 Å². The van der Waals surface area contributed by atoms with Gasteiger partial charge < -0.3 is 5.73 Å². The molecule has 1 saturated heterocycles. The first-order valence-corrected chi connectivity index (χ1v) is 8.51. The van der Waals surface area contributed by atoms with Crippen molar-refractivity contribution < 1.29 is 4.79 Å². The van der Waals surface area contributed by atoms with Crippen LogP contribution in [0.25, 0.3) is 0 Å². The maximum absolute atomic E-state index is 11.0. The number of carbonyl (C=O) groups excluding carboxylic acids is 1. The zero-order valence-electron chi connectivity index (χ0n) is 14.1. The maximum atomic E-state index is 11.0. The van der Waals surface area contributed by atoms with Gasteiger partial charge in [0.15, 0.2) is 0 Å². The van der Waals surface area contributed by atoms with Crippen LogP contribution in [0.5, 0.6) is 0 Å². The van der Waals surface area contributed by atoms with E-state index in [1.165, 1.54) is 6.42 Å². The van der Waals surface area contributed by atoms with Crippen LogP contribution in [0.3, 0.4) is 0 Å². The van der Waals surface area contributed by atoms with Crippen LogP contribution in [0.1, 0.15) is 47.9 Å². The van der Waals surface area contributed by atoms with E-state index in [-0.39, 0.29) is 5.91 Å². The molecule has 1 atom stereocenters. The Kier molecular flexibility index (Phi) is 5.20. The van der Waals surface area contributed by atoms with Crippen molar-refractivity contribution in [1.82, 2.24) is 14.9 Å². The lowest BCUT2D eigenvalue weighted by atomic mass is 10.0. The Balaban J connectivity index is 1.77. The Hall–Kier alpha value is -2.27. The maximum Gasteiger partial charge on any atom is 0.217 e. The first-order valence-electron chi connectivity index (χ1n) is 8.51. The topological polar surface area (TPSA) is 72.1 Å². The molecule has 5 nitrogen and oxygen atoms in total. The number of carbonyl (C=O) groups is 1. The molecule has 0 spiro atoms. The lowest BCUT2D eigenvalue weighted by molar-refractivity contribution is -0.117. The molecule has 5 heteroatoms. The Bertz CT molecular complexity index is 702. The van der Waals surface area contributed by atoms with Crippen LogP contribution in [0, 0.1) is 6.92 Å². The van der Waals surface area contributed by atoms with Crippen LogP contribution >= 0.6 is 0 Å². The van der Waals surface area contributed by atoms with Gasteiger partial charge in [0.2, 0.25) is 5.91 Å². The Labute approximate surface area is 142 Å². The standard InChI is InChI=1S/C19H24N4O/c1-14-11-15(7-8-19(20)24)12-17(22-14)18-6-4-10-23(18)13-16-5-2-3-9-21-16/h2-3,5,9,11-12,18H,4,6-8,10,13H2,1H3,(H2,20,24)/t18-/m0/s1. The van der Waals surface area contributed by atoms with Gasteiger partial charge in [-0.25, -0.2) is 0 Å². The van der Waals surface area contributed by atoms with Crippen molar-refractivity contribution in [3.63, 3.8) is 0 Å². The van der Waals surface area contributed by atoms with Gasteiger partial charge in [-0.15, -0.1) is 0 Å². The van der Waals surface area contributed by atoms with Crippen molar-refractivity contribution in [2.45, 2.75) is 45.2 Å². The lowest BCUT2D eigenvalue weighted by Crippen LogP contribution is -2.24. The van der Waals surface area contributed by atoms with E-state index < -0.39 is 0 Å². The Morgan fingerprint density at radius 3 is 3.00 bits per heavy atom. The van der Waals surface area contributed by atoms with Gasteiger partial charge in [-0.2, -0.15) is 0 Å². The third kappa shape index (κ3) is 4.17. The molecule has 0 radical (unpaired) electrons. The quantitative estimate of drug-likeness (QED) is 0.886. The number of amides is 1. The van der Waals surface area contributed by atoms with Crippen LogP contribution in [0.15, 0.2) is 36.5 Å². The largest absolute Gasteiger partial charge is 0.370 e. The minimum atomic E-state index is -0.260. The molecular weight excluding hydrogens is 300 g/mol. The van der Waals surface area contributed by atoms with Gasteiger partial charge in [0.25, 0.3) is 0 Å². The summed E-state index contributed by atoms with van der Waals surface area (Å²) in [5, 5.41) is 0. The van der Waals surface area contributed by atoms with Crippen molar-refractivity contribution in [2.75, 3.05) is 6.54 Å². The third-order valence-corrected chi connectivity index (χ3v) is 4.49. The van der Waals surface area contributed by atoms with Crippen molar-refractivity contribution in [3.8, 4) is 0 Å². The number of nitrogens with two attached hydrogens (primary N) is 1. The molecule has 1 fully saturated rings. The zero-order chi connectivity index (χ0) is 16.9. The molecule has 3 rings (SSSR count). The predicted octanol–water partition coefficient (Wildman–Crippen LogP) is 2.54. The molecular formula is C19H24N4O. The van der Waals surface area contributed by atoms with Crippen LogP contribution in [-0.2, 0) is 17.8 Å². The summed E-state index contributed by atoms with van der Waals surface area (Å²) in [6.45, 7) is 3.92. The van der Waals surface area contributed by atoms with E-state index in [1.807, 2.05) is 31.3 Å². The minimum absolute atomic E-state index is 0.260. The summed E-state index contributed by atoms with van der Waals surface area (Å²) in [4.78, 5) is 22.7. The van der Waals surface area contributed by atoms with E-state index in [0.717, 1.165) is 42.2 Å². The summed E-state index contributed by atoms with van der Waals surface area (Å²) >= 11 is 0. The average Bonchev–Trinajstić information content (AvgIpc) is 3.01. The lowest BCUT2D eigenvalue weighted by Gasteiger charge is -2.24. The van der Waals surface area contributed by atoms with E-state index in [0.29, 0.717) is 18.9 Å². The second kappa shape index (κ2) is 7.53. The van der Waals surface area contributed by atoms with Gasteiger partial charge in [-0.1, -0.05) is 6.07 Å². The molecule has 0 aromatic carbocycles. The summed E-state index contributed by atoms with van der Waals surface area (Å²) in [6.07, 6.45) is 5.18. The first-order chi connectivity index (χ1) is 11.6. The second-order valence-electron chi connectivity index (χ2n) is 6.46. The summed E-state index contributed by atoms with van der Waals surface area (Å²) < 4.78 is 0. The molecule has 0 aliphatic carbocycles. The Morgan fingerprint density at radius 1 is 1.38 bits per heavy atom. The smallest absolute Gasteiger partial charge is 0.217 e. The number of hydrogen-bond donors (Lipinski definition) is 1. The number of pyridine rings is 2. The SMILES string of the molecule is Cc1cc(CCC(N)=O)cc([C@@H]2CCCN2Cc2ccccn2)n1. The van der Waals surface area contributed by atoms with Gasteiger partial charge in [0.05, 0.1) is 17.4 Å². The number of likely N-dealkylation sites (tertiary alicyclic amines) is 1. The molecule has 2 aromatic rings. The number of nitrogens with zero attached hydrogens (tertiary/aromatic N) is 3. The number of aryl methyl sites for hydroxylation is 2. The molecule has 0 unspecified atom stereocenters. The summed E-state index contributed by atoms with van der Waals surface area (Å²) in [6, 6.07) is 10.5. The van der Waals surface area contributed by atoms with E-state index in [4.69, 9.17) is 10.7 Å². The van der Waals surface area contributed by atoms with Crippen molar-refractivity contribution >= 4 is 5.91 Å². The zero-order valence-corrected chi connectivity index (χ0v) is 14.1. The molecule has 2 N–H and O–H groups in total.